The quantitative estimate of drug-likeness (QED) is 0.249. The summed E-state index contributed by atoms with van der Waals surface area (Å²) in [5.74, 6) is 0.507. The molecule has 3 nitrogen and oxygen atoms in total. The van der Waals surface area contributed by atoms with E-state index in [1.807, 2.05) is 42.5 Å². The maximum atomic E-state index is 13.0. The molecule has 2 heterocycles. The van der Waals surface area contributed by atoms with Crippen molar-refractivity contribution in [2.75, 3.05) is 0 Å². The van der Waals surface area contributed by atoms with Crippen LogP contribution in [0.5, 0.6) is 0 Å². The number of ketones is 1. The second kappa shape index (κ2) is 8.50. The number of rotatable bonds is 4. The smallest absolute Gasteiger partial charge is 0.295 e. The molecule has 0 aliphatic rings. The predicted octanol–water partition coefficient (Wildman–Crippen LogP) is 7.91. The zero-order valence-corrected chi connectivity index (χ0v) is 18.7. The summed E-state index contributed by atoms with van der Waals surface area (Å²) in [4.78, 5) is 22.6. The Morgan fingerprint density at radius 2 is 1.56 bits per heavy atom. The van der Waals surface area contributed by atoms with Crippen LogP contribution in [0.4, 0.5) is 13.2 Å². The van der Waals surface area contributed by atoms with E-state index >= 15 is 0 Å². The third kappa shape index (κ3) is 4.22. The third-order valence-corrected chi connectivity index (χ3v) is 6.70. The Bertz CT molecular complexity index is 1500. The molecular formula is C27H17F3N2OS. The molecule has 0 aliphatic carbocycles. The SMILES string of the molecule is CC(=O)c1ccc(-c2cc(-c3ccc(C(F)(F)F)cc3)sc2-c2ncc3ccccc3n2)cc1. The number of alkyl halides is 3. The number of para-hydroxylation sites is 1. The maximum Gasteiger partial charge on any atom is 0.416 e. The Morgan fingerprint density at radius 1 is 0.882 bits per heavy atom. The molecular weight excluding hydrogens is 457 g/mol. The third-order valence-electron chi connectivity index (χ3n) is 5.52. The van der Waals surface area contributed by atoms with E-state index in [9.17, 15) is 18.0 Å². The summed E-state index contributed by atoms with van der Waals surface area (Å²) in [6.07, 6.45) is -2.63. The van der Waals surface area contributed by atoms with E-state index in [1.54, 1.807) is 18.3 Å². The van der Waals surface area contributed by atoms with Crippen LogP contribution in [0.3, 0.4) is 0 Å². The van der Waals surface area contributed by atoms with Crippen molar-refractivity contribution in [1.82, 2.24) is 9.97 Å². The van der Waals surface area contributed by atoms with Crippen molar-refractivity contribution in [3.05, 3.63) is 96.2 Å². The van der Waals surface area contributed by atoms with Crippen molar-refractivity contribution >= 4 is 28.0 Å². The van der Waals surface area contributed by atoms with Crippen LogP contribution >= 0.6 is 11.3 Å². The zero-order chi connectivity index (χ0) is 23.9. The number of aromatic nitrogens is 2. The summed E-state index contributed by atoms with van der Waals surface area (Å²) in [5.41, 5.74) is 3.11. The first-order valence-electron chi connectivity index (χ1n) is 10.4. The number of hydrogen-bond acceptors (Lipinski definition) is 4. The van der Waals surface area contributed by atoms with Gasteiger partial charge in [-0.2, -0.15) is 13.2 Å². The Morgan fingerprint density at radius 3 is 2.24 bits per heavy atom. The first kappa shape index (κ1) is 22.0. The Balaban J connectivity index is 1.65. The fourth-order valence-corrected chi connectivity index (χ4v) is 4.83. The molecule has 0 saturated heterocycles. The Labute approximate surface area is 197 Å². The average Bonchev–Trinajstić information content (AvgIpc) is 3.29. The Hall–Kier alpha value is -3.84. The lowest BCUT2D eigenvalue weighted by atomic mass is 10.0. The lowest BCUT2D eigenvalue weighted by molar-refractivity contribution is -0.137. The highest BCUT2D eigenvalue weighted by Crippen LogP contribution is 2.43. The monoisotopic (exact) mass is 474 g/mol. The van der Waals surface area contributed by atoms with E-state index < -0.39 is 11.7 Å². The van der Waals surface area contributed by atoms with Crippen LogP contribution in [-0.4, -0.2) is 15.8 Å². The summed E-state index contributed by atoms with van der Waals surface area (Å²) >= 11 is 1.42. The number of nitrogens with zero attached hydrogens (tertiary/aromatic N) is 2. The molecule has 0 unspecified atom stereocenters. The molecule has 2 aromatic heterocycles. The largest absolute Gasteiger partial charge is 0.416 e. The number of halogens is 3. The summed E-state index contributed by atoms with van der Waals surface area (Å²) in [6, 6.07) is 22.0. The summed E-state index contributed by atoms with van der Waals surface area (Å²) in [5, 5.41) is 0.915. The molecule has 0 fully saturated rings. The van der Waals surface area contributed by atoms with E-state index in [-0.39, 0.29) is 5.78 Å². The molecule has 0 atom stereocenters. The molecule has 0 bridgehead atoms. The standard InChI is InChI=1S/C27H17F3N2OS/c1-16(33)17-6-8-18(9-7-17)22-14-24(19-10-12-21(13-11-19)27(28,29)30)34-25(22)26-31-15-20-4-2-3-5-23(20)32-26/h2-15H,1H3. The van der Waals surface area contributed by atoms with Gasteiger partial charge in [0.1, 0.15) is 0 Å². The van der Waals surface area contributed by atoms with Crippen LogP contribution in [0.15, 0.2) is 85.1 Å². The molecule has 0 radical (unpaired) electrons. The number of carbonyl (C=O) groups excluding carboxylic acids is 1. The van der Waals surface area contributed by atoms with E-state index in [4.69, 9.17) is 4.98 Å². The van der Waals surface area contributed by atoms with Gasteiger partial charge in [-0.3, -0.25) is 4.79 Å². The van der Waals surface area contributed by atoms with Crippen molar-refractivity contribution in [2.45, 2.75) is 13.1 Å². The number of thiophene rings is 1. The van der Waals surface area contributed by atoms with Crippen molar-refractivity contribution < 1.29 is 18.0 Å². The van der Waals surface area contributed by atoms with Gasteiger partial charge in [0.25, 0.3) is 0 Å². The van der Waals surface area contributed by atoms with Gasteiger partial charge in [0.05, 0.1) is 16.0 Å². The summed E-state index contributed by atoms with van der Waals surface area (Å²) in [6.45, 7) is 1.51. The van der Waals surface area contributed by atoms with Gasteiger partial charge in [-0.05, 0) is 42.3 Å². The van der Waals surface area contributed by atoms with Gasteiger partial charge in [-0.1, -0.05) is 54.6 Å². The van der Waals surface area contributed by atoms with E-state index in [1.165, 1.54) is 30.4 Å². The lowest BCUT2D eigenvalue weighted by Gasteiger charge is -2.06. The van der Waals surface area contributed by atoms with Gasteiger partial charge in [0.15, 0.2) is 11.6 Å². The van der Waals surface area contributed by atoms with Gasteiger partial charge in [-0.25, -0.2) is 9.97 Å². The van der Waals surface area contributed by atoms with Crippen molar-refractivity contribution in [3.8, 4) is 32.3 Å². The number of carbonyl (C=O) groups is 1. The molecule has 0 N–H and O–H groups in total. The van der Waals surface area contributed by atoms with Gasteiger partial charge in [0.2, 0.25) is 0 Å². The fraction of sp³-hybridized carbons (Fsp3) is 0.0741. The van der Waals surface area contributed by atoms with E-state index in [0.717, 1.165) is 43.9 Å². The molecule has 0 amide bonds. The second-order valence-electron chi connectivity index (χ2n) is 7.81. The number of hydrogen-bond donors (Lipinski definition) is 0. The van der Waals surface area contributed by atoms with Crippen molar-refractivity contribution in [3.63, 3.8) is 0 Å². The highest BCUT2D eigenvalue weighted by atomic mass is 32.1. The molecule has 168 valence electrons. The first-order valence-corrected chi connectivity index (χ1v) is 11.3. The van der Waals surface area contributed by atoms with E-state index in [2.05, 4.69) is 4.98 Å². The number of fused-ring (bicyclic) bond motifs is 1. The van der Waals surface area contributed by atoms with Crippen molar-refractivity contribution in [2.24, 2.45) is 0 Å². The minimum Gasteiger partial charge on any atom is -0.295 e. The molecule has 3 aromatic carbocycles. The molecule has 5 rings (SSSR count). The minimum atomic E-state index is -4.39. The maximum absolute atomic E-state index is 13.0. The fourth-order valence-electron chi connectivity index (χ4n) is 3.70. The normalized spacial score (nSPS) is 11.6. The second-order valence-corrected chi connectivity index (χ2v) is 8.87. The van der Waals surface area contributed by atoms with Crippen LogP contribution in [0, 0.1) is 0 Å². The summed E-state index contributed by atoms with van der Waals surface area (Å²) in [7, 11) is 0. The average molecular weight is 475 g/mol. The lowest BCUT2D eigenvalue weighted by Crippen LogP contribution is -2.03. The molecule has 5 aromatic rings. The number of benzene rings is 3. The van der Waals surface area contributed by atoms with Crippen LogP contribution in [-0.2, 0) is 6.18 Å². The minimum absolute atomic E-state index is 0.0274. The van der Waals surface area contributed by atoms with E-state index in [0.29, 0.717) is 17.0 Å². The van der Waals surface area contributed by atoms with Crippen LogP contribution < -0.4 is 0 Å². The van der Waals surface area contributed by atoms with Crippen LogP contribution in [0.1, 0.15) is 22.8 Å². The van der Waals surface area contributed by atoms with Gasteiger partial charge >= 0.3 is 6.18 Å². The van der Waals surface area contributed by atoms with Crippen LogP contribution in [0.25, 0.3) is 43.2 Å². The molecule has 0 saturated carbocycles. The molecule has 0 spiro atoms. The summed E-state index contributed by atoms with van der Waals surface area (Å²) < 4.78 is 39.0. The highest BCUT2D eigenvalue weighted by molar-refractivity contribution is 7.19. The van der Waals surface area contributed by atoms with Crippen molar-refractivity contribution in [1.29, 1.82) is 0 Å². The topological polar surface area (TPSA) is 42.9 Å². The first-order chi connectivity index (χ1) is 16.3. The van der Waals surface area contributed by atoms with Gasteiger partial charge < -0.3 is 0 Å². The molecule has 0 aliphatic heterocycles. The highest BCUT2D eigenvalue weighted by Gasteiger charge is 2.30. The van der Waals surface area contributed by atoms with Crippen LogP contribution in [0.2, 0.25) is 0 Å². The van der Waals surface area contributed by atoms with Gasteiger partial charge in [0, 0.05) is 27.6 Å². The van der Waals surface area contributed by atoms with Gasteiger partial charge in [-0.15, -0.1) is 11.3 Å². The molecule has 7 heteroatoms. The predicted molar refractivity (Wildman–Crippen MR) is 129 cm³/mol. The Kier molecular flexibility index (Phi) is 5.49. The number of Topliss-reactive ketones (excluding diaryl/α,β-unsaturated/α-hetero) is 1. The molecule has 34 heavy (non-hydrogen) atoms. The zero-order valence-electron chi connectivity index (χ0n) is 17.9.